The summed E-state index contributed by atoms with van der Waals surface area (Å²) in [5.74, 6) is 1.48. The highest BCUT2D eigenvalue weighted by Crippen LogP contribution is 2.34. The Morgan fingerprint density at radius 2 is 1.79 bits per heavy atom. The van der Waals surface area contributed by atoms with E-state index >= 15 is 0 Å². The lowest BCUT2D eigenvalue weighted by atomic mass is 10.1. The molecule has 7 heteroatoms. The molecule has 0 saturated heterocycles. The third kappa shape index (κ3) is 4.27. The van der Waals surface area contributed by atoms with Crippen molar-refractivity contribution in [3.63, 3.8) is 0 Å². The van der Waals surface area contributed by atoms with E-state index in [0.29, 0.717) is 54.6 Å². The fourth-order valence-corrected chi connectivity index (χ4v) is 3.88. The number of nitrogens with zero attached hydrogens (tertiary/aromatic N) is 1. The SMILES string of the molecule is CCOc1ccccc1Oc1coc2c3c(ccc2c1=O)OCN(Cc1ccc(F)cc1)C3. The van der Waals surface area contributed by atoms with E-state index in [1.165, 1.54) is 18.4 Å². The van der Waals surface area contributed by atoms with Crippen LogP contribution in [0.1, 0.15) is 18.1 Å². The molecule has 0 spiro atoms. The van der Waals surface area contributed by atoms with Crippen molar-refractivity contribution in [2.75, 3.05) is 13.3 Å². The molecule has 0 bridgehead atoms. The number of hydrogen-bond acceptors (Lipinski definition) is 6. The van der Waals surface area contributed by atoms with Crippen LogP contribution < -0.4 is 19.6 Å². The van der Waals surface area contributed by atoms with Gasteiger partial charge >= 0.3 is 0 Å². The molecule has 1 aliphatic heterocycles. The van der Waals surface area contributed by atoms with Gasteiger partial charge in [-0.25, -0.2) is 4.39 Å². The average molecular weight is 447 g/mol. The zero-order valence-electron chi connectivity index (χ0n) is 18.0. The van der Waals surface area contributed by atoms with Crippen molar-refractivity contribution in [3.8, 4) is 23.0 Å². The average Bonchev–Trinajstić information content (AvgIpc) is 2.83. The minimum absolute atomic E-state index is 0.0782. The van der Waals surface area contributed by atoms with Crippen LogP contribution >= 0.6 is 0 Å². The first-order valence-electron chi connectivity index (χ1n) is 10.7. The van der Waals surface area contributed by atoms with Gasteiger partial charge < -0.3 is 18.6 Å². The topological polar surface area (TPSA) is 61.1 Å². The summed E-state index contributed by atoms with van der Waals surface area (Å²) in [7, 11) is 0. The van der Waals surface area contributed by atoms with Crippen LogP contribution in [0.3, 0.4) is 0 Å². The number of ether oxygens (including phenoxy) is 3. The Morgan fingerprint density at radius 1 is 1.00 bits per heavy atom. The molecule has 4 aromatic rings. The van der Waals surface area contributed by atoms with E-state index in [2.05, 4.69) is 4.90 Å². The Bertz CT molecular complexity index is 1350. The van der Waals surface area contributed by atoms with Gasteiger partial charge in [0, 0.05) is 13.1 Å². The molecule has 0 N–H and O–H groups in total. The maximum Gasteiger partial charge on any atom is 0.235 e. The minimum atomic E-state index is -0.277. The first-order valence-corrected chi connectivity index (χ1v) is 10.7. The van der Waals surface area contributed by atoms with Gasteiger partial charge in [0.05, 0.1) is 17.6 Å². The summed E-state index contributed by atoms with van der Waals surface area (Å²) in [5, 5.41) is 0.410. The van der Waals surface area contributed by atoms with Crippen LogP contribution in [-0.4, -0.2) is 18.2 Å². The second-order valence-electron chi connectivity index (χ2n) is 7.72. The lowest BCUT2D eigenvalue weighted by Crippen LogP contribution is -2.31. The normalized spacial score (nSPS) is 13.4. The van der Waals surface area contributed by atoms with Crippen molar-refractivity contribution >= 4 is 11.0 Å². The third-order valence-corrected chi connectivity index (χ3v) is 5.44. The summed E-state index contributed by atoms with van der Waals surface area (Å²) in [6.07, 6.45) is 1.33. The molecule has 0 amide bonds. The molecule has 5 rings (SSSR count). The Labute approximate surface area is 189 Å². The number of benzene rings is 3. The monoisotopic (exact) mass is 447 g/mol. The van der Waals surface area contributed by atoms with Crippen LogP contribution in [0.25, 0.3) is 11.0 Å². The lowest BCUT2D eigenvalue weighted by Gasteiger charge is -2.29. The summed E-state index contributed by atoms with van der Waals surface area (Å²) < 4.78 is 36.4. The molecule has 0 saturated carbocycles. The largest absolute Gasteiger partial charge is 0.490 e. The standard InChI is InChI=1S/C26H22FNO5/c1-2-30-22-5-3-4-6-23(22)33-24-15-31-26-19(25(24)29)11-12-21-20(26)14-28(16-32-21)13-17-7-9-18(27)10-8-17/h3-12,15H,2,13-14,16H2,1H3. The molecule has 0 atom stereocenters. The van der Waals surface area contributed by atoms with Crippen molar-refractivity contribution in [1.82, 2.24) is 4.90 Å². The number of hydrogen-bond donors (Lipinski definition) is 0. The molecule has 0 unspecified atom stereocenters. The number of rotatable bonds is 6. The molecule has 6 nitrogen and oxygen atoms in total. The Morgan fingerprint density at radius 3 is 2.58 bits per heavy atom. The number of para-hydroxylation sites is 2. The summed E-state index contributed by atoms with van der Waals surface area (Å²) >= 11 is 0. The Kier molecular flexibility index (Phi) is 5.71. The van der Waals surface area contributed by atoms with E-state index in [9.17, 15) is 9.18 Å². The maximum absolute atomic E-state index is 13.2. The van der Waals surface area contributed by atoms with Gasteiger partial charge in [0.25, 0.3) is 0 Å². The summed E-state index contributed by atoms with van der Waals surface area (Å²) in [4.78, 5) is 15.2. The van der Waals surface area contributed by atoms with Gasteiger partial charge in [0.2, 0.25) is 11.2 Å². The summed E-state index contributed by atoms with van der Waals surface area (Å²) in [5.41, 5.74) is 1.95. The highest BCUT2D eigenvalue weighted by atomic mass is 19.1. The fourth-order valence-electron chi connectivity index (χ4n) is 3.88. The maximum atomic E-state index is 13.2. The smallest absolute Gasteiger partial charge is 0.235 e. The van der Waals surface area contributed by atoms with E-state index in [4.69, 9.17) is 18.6 Å². The van der Waals surface area contributed by atoms with Gasteiger partial charge in [-0.1, -0.05) is 24.3 Å². The van der Waals surface area contributed by atoms with Crippen LogP contribution in [0.4, 0.5) is 4.39 Å². The molecule has 0 fully saturated rings. The van der Waals surface area contributed by atoms with Crippen LogP contribution in [0, 0.1) is 5.82 Å². The molecule has 3 aromatic carbocycles. The van der Waals surface area contributed by atoms with E-state index in [-0.39, 0.29) is 17.0 Å². The van der Waals surface area contributed by atoms with Crippen molar-refractivity contribution in [2.45, 2.75) is 20.0 Å². The Balaban J connectivity index is 1.44. The quantitative estimate of drug-likeness (QED) is 0.390. The zero-order chi connectivity index (χ0) is 22.8. The van der Waals surface area contributed by atoms with Gasteiger partial charge in [-0.15, -0.1) is 0 Å². The second kappa shape index (κ2) is 8.96. The van der Waals surface area contributed by atoms with Gasteiger partial charge in [-0.05, 0) is 48.9 Å². The number of halogens is 1. The van der Waals surface area contributed by atoms with Crippen LogP contribution in [0.5, 0.6) is 23.0 Å². The molecule has 33 heavy (non-hydrogen) atoms. The molecule has 0 radical (unpaired) electrons. The van der Waals surface area contributed by atoms with E-state index in [1.54, 1.807) is 36.4 Å². The highest BCUT2D eigenvalue weighted by molar-refractivity contribution is 5.83. The van der Waals surface area contributed by atoms with E-state index < -0.39 is 0 Å². The van der Waals surface area contributed by atoms with Crippen molar-refractivity contribution < 1.29 is 23.0 Å². The first kappa shape index (κ1) is 21.0. The molecular weight excluding hydrogens is 425 g/mol. The molecule has 0 aliphatic carbocycles. The predicted molar refractivity (Wildman–Crippen MR) is 121 cm³/mol. The zero-order valence-corrected chi connectivity index (χ0v) is 18.0. The minimum Gasteiger partial charge on any atom is -0.490 e. The van der Waals surface area contributed by atoms with Gasteiger partial charge in [-0.3, -0.25) is 9.69 Å². The van der Waals surface area contributed by atoms with Crippen LogP contribution in [0.15, 0.2) is 76.1 Å². The Hall–Kier alpha value is -3.84. The van der Waals surface area contributed by atoms with Crippen molar-refractivity contribution in [2.24, 2.45) is 0 Å². The molecule has 1 aromatic heterocycles. The molecular formula is C26H22FNO5. The summed E-state index contributed by atoms with van der Waals surface area (Å²) in [6.45, 7) is 3.85. The molecule has 168 valence electrons. The predicted octanol–water partition coefficient (Wildman–Crippen LogP) is 5.48. The third-order valence-electron chi connectivity index (χ3n) is 5.44. The van der Waals surface area contributed by atoms with Crippen LogP contribution in [0.2, 0.25) is 0 Å². The van der Waals surface area contributed by atoms with Crippen LogP contribution in [-0.2, 0) is 13.1 Å². The van der Waals surface area contributed by atoms with Crippen molar-refractivity contribution in [1.29, 1.82) is 0 Å². The highest BCUT2D eigenvalue weighted by Gasteiger charge is 2.23. The number of fused-ring (bicyclic) bond motifs is 3. The summed E-state index contributed by atoms with van der Waals surface area (Å²) in [6, 6.07) is 17.0. The van der Waals surface area contributed by atoms with Gasteiger partial charge in [0.1, 0.15) is 30.1 Å². The lowest BCUT2D eigenvalue weighted by molar-refractivity contribution is 0.0890. The second-order valence-corrected chi connectivity index (χ2v) is 7.72. The van der Waals surface area contributed by atoms with Crippen molar-refractivity contribution in [3.05, 3.63) is 94.1 Å². The molecule has 1 aliphatic rings. The van der Waals surface area contributed by atoms with E-state index in [1.807, 2.05) is 19.1 Å². The first-order chi connectivity index (χ1) is 16.1. The fraction of sp³-hybridized carbons (Fsp3) is 0.192. The van der Waals surface area contributed by atoms with E-state index in [0.717, 1.165) is 11.1 Å². The van der Waals surface area contributed by atoms with Gasteiger partial charge in [0.15, 0.2) is 11.5 Å². The molecule has 2 heterocycles. The van der Waals surface area contributed by atoms with Gasteiger partial charge in [-0.2, -0.15) is 0 Å².